The number of rotatable bonds is 5. The quantitative estimate of drug-likeness (QED) is 0.613. The maximum atomic E-state index is 12.9. The molecule has 0 spiro atoms. The van der Waals surface area contributed by atoms with Gasteiger partial charge in [-0.05, 0) is 36.4 Å². The summed E-state index contributed by atoms with van der Waals surface area (Å²) in [5, 5.41) is 9.56. The van der Waals surface area contributed by atoms with Crippen molar-refractivity contribution in [2.45, 2.75) is 0 Å². The molecule has 3 amide bonds. The van der Waals surface area contributed by atoms with Crippen molar-refractivity contribution in [3.63, 3.8) is 0 Å². The Labute approximate surface area is 158 Å². The van der Waals surface area contributed by atoms with E-state index in [-0.39, 0.29) is 10.8 Å². The Morgan fingerprint density at radius 3 is 2.56 bits per heavy atom. The van der Waals surface area contributed by atoms with Gasteiger partial charge in [0.15, 0.2) is 5.13 Å². The number of methoxy groups -OCH3 is 1. The molecule has 1 aromatic heterocycles. The first-order chi connectivity index (χ1) is 13.0. The van der Waals surface area contributed by atoms with Gasteiger partial charge in [0.2, 0.25) is 0 Å². The van der Waals surface area contributed by atoms with E-state index in [1.165, 1.54) is 36.8 Å². The second kappa shape index (κ2) is 8.28. The molecule has 0 aliphatic rings. The highest BCUT2D eigenvalue weighted by Crippen LogP contribution is 2.20. The normalized spacial score (nSPS) is 10.1. The molecule has 1 heterocycles. The molecular weight excluding hydrogens is 371 g/mol. The van der Waals surface area contributed by atoms with Crippen LogP contribution in [0.5, 0.6) is 5.75 Å². The third-order valence-corrected chi connectivity index (χ3v) is 4.14. The van der Waals surface area contributed by atoms with Crippen LogP contribution in [0.2, 0.25) is 0 Å². The predicted molar refractivity (Wildman–Crippen MR) is 102 cm³/mol. The van der Waals surface area contributed by atoms with Gasteiger partial charge in [0.25, 0.3) is 5.91 Å². The Kier molecular flexibility index (Phi) is 5.62. The third-order valence-electron chi connectivity index (χ3n) is 3.39. The predicted octanol–water partition coefficient (Wildman–Crippen LogP) is 4.19. The topological polar surface area (TPSA) is 92.4 Å². The first kappa shape index (κ1) is 18.3. The summed E-state index contributed by atoms with van der Waals surface area (Å²) >= 11 is 1.11. The van der Waals surface area contributed by atoms with Crippen molar-refractivity contribution in [2.75, 3.05) is 23.1 Å². The minimum Gasteiger partial charge on any atom is -0.497 e. The average Bonchev–Trinajstić information content (AvgIpc) is 3.12. The lowest BCUT2D eigenvalue weighted by molar-refractivity contribution is 0.102. The number of nitrogens with one attached hydrogen (secondary N) is 3. The minimum absolute atomic E-state index is 0.167. The van der Waals surface area contributed by atoms with Gasteiger partial charge in [-0.1, -0.05) is 6.07 Å². The fourth-order valence-corrected chi connectivity index (χ4v) is 2.81. The molecule has 3 aromatic rings. The molecule has 0 aliphatic carbocycles. The highest BCUT2D eigenvalue weighted by atomic mass is 32.1. The summed E-state index contributed by atoms with van der Waals surface area (Å²) in [5.41, 5.74) is 1.16. The van der Waals surface area contributed by atoms with Crippen LogP contribution in [0.4, 0.5) is 25.7 Å². The smallest absolute Gasteiger partial charge is 0.325 e. The van der Waals surface area contributed by atoms with Gasteiger partial charge in [0.1, 0.15) is 17.3 Å². The van der Waals surface area contributed by atoms with Crippen molar-refractivity contribution in [2.24, 2.45) is 0 Å². The van der Waals surface area contributed by atoms with Gasteiger partial charge >= 0.3 is 6.03 Å². The molecule has 0 unspecified atom stereocenters. The Bertz CT molecular complexity index is 959. The number of thiazole rings is 1. The van der Waals surface area contributed by atoms with Crippen LogP contribution in [0.15, 0.2) is 53.9 Å². The van der Waals surface area contributed by atoms with Gasteiger partial charge in [-0.15, -0.1) is 11.3 Å². The number of hydrogen-bond donors (Lipinski definition) is 3. The van der Waals surface area contributed by atoms with E-state index in [2.05, 4.69) is 20.9 Å². The Morgan fingerprint density at radius 2 is 1.81 bits per heavy atom. The third kappa shape index (κ3) is 5.02. The van der Waals surface area contributed by atoms with Crippen molar-refractivity contribution < 1.29 is 18.7 Å². The SMILES string of the molecule is COc1cccc(NC(=O)c2csc(NC(=O)Nc3ccc(F)cc3)n2)c1. The second-order valence-electron chi connectivity index (χ2n) is 5.31. The zero-order valence-corrected chi connectivity index (χ0v) is 15.0. The van der Waals surface area contributed by atoms with Crippen molar-refractivity contribution in [1.29, 1.82) is 0 Å². The average molecular weight is 386 g/mol. The second-order valence-corrected chi connectivity index (χ2v) is 6.17. The Morgan fingerprint density at radius 1 is 1.04 bits per heavy atom. The fourth-order valence-electron chi connectivity index (χ4n) is 2.12. The number of amides is 3. The Balaban J connectivity index is 1.59. The maximum absolute atomic E-state index is 12.9. The summed E-state index contributed by atoms with van der Waals surface area (Å²) in [6.45, 7) is 0. The van der Waals surface area contributed by atoms with E-state index in [4.69, 9.17) is 4.74 Å². The van der Waals surface area contributed by atoms with Gasteiger partial charge in [0.05, 0.1) is 7.11 Å². The number of aromatic nitrogens is 1. The molecular formula is C18H15FN4O3S. The zero-order chi connectivity index (χ0) is 19.2. The standard InChI is InChI=1S/C18H15FN4O3S/c1-26-14-4-2-3-13(9-14)20-16(24)15-10-27-18(22-15)23-17(25)21-12-7-5-11(19)6-8-12/h2-10H,1H3,(H,20,24)(H2,21,22,23,25). The summed E-state index contributed by atoms with van der Waals surface area (Å²) < 4.78 is 18.0. The molecule has 27 heavy (non-hydrogen) atoms. The number of nitrogens with zero attached hydrogens (tertiary/aromatic N) is 1. The van der Waals surface area contributed by atoms with E-state index < -0.39 is 17.8 Å². The lowest BCUT2D eigenvalue weighted by Crippen LogP contribution is -2.19. The molecule has 0 saturated carbocycles. The number of ether oxygens (including phenoxy) is 1. The van der Waals surface area contributed by atoms with E-state index >= 15 is 0 Å². The lowest BCUT2D eigenvalue weighted by Gasteiger charge is -2.06. The molecule has 0 aliphatic heterocycles. The van der Waals surface area contributed by atoms with E-state index in [0.717, 1.165) is 11.3 Å². The number of benzene rings is 2. The van der Waals surface area contributed by atoms with Gasteiger partial charge < -0.3 is 15.4 Å². The Hall–Kier alpha value is -3.46. The number of halogens is 1. The van der Waals surface area contributed by atoms with Gasteiger partial charge in [-0.25, -0.2) is 14.2 Å². The minimum atomic E-state index is -0.546. The molecule has 9 heteroatoms. The molecule has 138 valence electrons. The maximum Gasteiger partial charge on any atom is 0.325 e. The molecule has 3 N–H and O–H groups in total. The van der Waals surface area contributed by atoms with E-state index in [0.29, 0.717) is 17.1 Å². The number of anilines is 3. The van der Waals surface area contributed by atoms with Crippen LogP contribution in [0.3, 0.4) is 0 Å². The van der Waals surface area contributed by atoms with Crippen LogP contribution >= 0.6 is 11.3 Å². The van der Waals surface area contributed by atoms with Crippen LogP contribution in [-0.4, -0.2) is 24.0 Å². The van der Waals surface area contributed by atoms with Crippen LogP contribution < -0.4 is 20.7 Å². The summed E-state index contributed by atoms with van der Waals surface area (Å²) in [6, 6.07) is 11.7. The van der Waals surface area contributed by atoms with Crippen LogP contribution in [0, 0.1) is 5.82 Å². The van der Waals surface area contributed by atoms with Crippen molar-refractivity contribution in [3.05, 3.63) is 65.4 Å². The number of hydrogen-bond acceptors (Lipinski definition) is 5. The molecule has 0 saturated heterocycles. The summed E-state index contributed by atoms with van der Waals surface area (Å²) in [5.74, 6) is -0.190. The van der Waals surface area contributed by atoms with Gasteiger partial charge in [-0.3, -0.25) is 10.1 Å². The van der Waals surface area contributed by atoms with Crippen LogP contribution in [0.25, 0.3) is 0 Å². The van der Waals surface area contributed by atoms with Crippen LogP contribution in [-0.2, 0) is 0 Å². The molecule has 0 bridgehead atoms. The zero-order valence-electron chi connectivity index (χ0n) is 14.2. The highest BCUT2D eigenvalue weighted by molar-refractivity contribution is 7.14. The van der Waals surface area contributed by atoms with Crippen molar-refractivity contribution >= 4 is 39.8 Å². The number of urea groups is 1. The fraction of sp³-hybridized carbons (Fsp3) is 0.0556. The summed E-state index contributed by atoms with van der Waals surface area (Å²) in [6.07, 6.45) is 0. The molecule has 3 rings (SSSR count). The van der Waals surface area contributed by atoms with Crippen molar-refractivity contribution in [1.82, 2.24) is 4.98 Å². The van der Waals surface area contributed by atoms with Crippen LogP contribution in [0.1, 0.15) is 10.5 Å². The lowest BCUT2D eigenvalue weighted by atomic mass is 10.3. The largest absolute Gasteiger partial charge is 0.497 e. The monoisotopic (exact) mass is 386 g/mol. The van der Waals surface area contributed by atoms with Crippen molar-refractivity contribution in [3.8, 4) is 5.75 Å². The highest BCUT2D eigenvalue weighted by Gasteiger charge is 2.13. The molecule has 0 atom stereocenters. The van der Waals surface area contributed by atoms with E-state index in [1.54, 1.807) is 24.3 Å². The summed E-state index contributed by atoms with van der Waals surface area (Å²) in [7, 11) is 1.54. The van der Waals surface area contributed by atoms with Gasteiger partial charge in [-0.2, -0.15) is 0 Å². The first-order valence-electron chi connectivity index (χ1n) is 7.78. The molecule has 0 radical (unpaired) electrons. The van der Waals surface area contributed by atoms with E-state index in [9.17, 15) is 14.0 Å². The first-order valence-corrected chi connectivity index (χ1v) is 8.66. The number of carbonyl (C=O) groups is 2. The molecule has 2 aromatic carbocycles. The van der Waals surface area contributed by atoms with Gasteiger partial charge in [0, 0.05) is 22.8 Å². The number of carbonyl (C=O) groups excluding carboxylic acids is 2. The van der Waals surface area contributed by atoms with E-state index in [1.807, 2.05) is 0 Å². The summed E-state index contributed by atoms with van der Waals surface area (Å²) in [4.78, 5) is 28.3. The molecule has 7 nitrogen and oxygen atoms in total. The molecule has 0 fully saturated rings.